The molecule has 7 nitrogen and oxygen atoms in total. The van der Waals surface area contributed by atoms with Crippen LogP contribution in [0.25, 0.3) is 0 Å². The summed E-state index contributed by atoms with van der Waals surface area (Å²) in [5, 5.41) is 20.5. The van der Waals surface area contributed by atoms with Gasteiger partial charge in [-0.3, -0.25) is 4.90 Å². The van der Waals surface area contributed by atoms with Gasteiger partial charge in [-0.05, 0) is 24.3 Å². The summed E-state index contributed by atoms with van der Waals surface area (Å²) in [6.07, 6.45) is -0.303. The van der Waals surface area contributed by atoms with Crippen molar-refractivity contribution < 1.29 is 27.8 Å². The predicted octanol–water partition coefficient (Wildman–Crippen LogP) is 0.679. The van der Waals surface area contributed by atoms with Crippen LogP contribution in [0.4, 0.5) is 0 Å². The molecule has 1 aliphatic rings. The number of ether oxygens (including phenoxy) is 1. The average Bonchev–Trinajstić information content (AvgIpc) is 3.20. The lowest BCUT2D eigenvalue weighted by atomic mass is 10.1. The molecule has 1 aliphatic heterocycles. The molecule has 8 heteroatoms. The van der Waals surface area contributed by atoms with Gasteiger partial charge in [0.15, 0.2) is 9.84 Å². The first-order valence-electron chi connectivity index (χ1n) is 8.44. The maximum Gasteiger partial charge on any atom is 0.154 e. The zero-order valence-corrected chi connectivity index (χ0v) is 15.1. The monoisotopic (exact) mass is 381 g/mol. The Morgan fingerprint density at radius 3 is 2.58 bits per heavy atom. The number of aliphatic hydroxyl groups is 2. The molecule has 26 heavy (non-hydrogen) atoms. The van der Waals surface area contributed by atoms with E-state index in [2.05, 4.69) is 0 Å². The Morgan fingerprint density at radius 2 is 1.96 bits per heavy atom. The van der Waals surface area contributed by atoms with Crippen molar-refractivity contribution in [1.29, 1.82) is 0 Å². The van der Waals surface area contributed by atoms with E-state index in [1.807, 2.05) is 18.2 Å². The van der Waals surface area contributed by atoms with Crippen molar-refractivity contribution in [3.05, 3.63) is 54.5 Å². The number of aliphatic hydroxyl groups excluding tert-OH is 2. The molecule has 0 saturated carbocycles. The zero-order chi connectivity index (χ0) is 18.6. The topological polar surface area (TPSA) is 100 Å². The smallest absolute Gasteiger partial charge is 0.154 e. The van der Waals surface area contributed by atoms with Crippen molar-refractivity contribution in [2.24, 2.45) is 0 Å². The minimum absolute atomic E-state index is 0.0637. The highest BCUT2D eigenvalue weighted by Crippen LogP contribution is 2.21. The summed E-state index contributed by atoms with van der Waals surface area (Å²) >= 11 is 0. The summed E-state index contributed by atoms with van der Waals surface area (Å²) in [6.45, 7) is 0.520. The Labute approximate surface area is 152 Å². The average molecular weight is 381 g/mol. The Morgan fingerprint density at radius 1 is 1.19 bits per heavy atom. The maximum atomic E-state index is 11.9. The summed E-state index contributed by atoms with van der Waals surface area (Å²) in [5.41, 5.74) is 0. The highest BCUT2D eigenvalue weighted by Gasteiger charge is 2.40. The van der Waals surface area contributed by atoms with Gasteiger partial charge in [0.2, 0.25) is 0 Å². The van der Waals surface area contributed by atoms with E-state index in [-0.39, 0.29) is 24.7 Å². The van der Waals surface area contributed by atoms with Crippen molar-refractivity contribution >= 4 is 9.84 Å². The molecule has 0 amide bonds. The van der Waals surface area contributed by atoms with E-state index >= 15 is 0 Å². The van der Waals surface area contributed by atoms with Gasteiger partial charge in [0, 0.05) is 6.54 Å². The van der Waals surface area contributed by atoms with Crippen LogP contribution in [0.15, 0.2) is 53.1 Å². The fourth-order valence-corrected chi connectivity index (χ4v) is 4.94. The third-order valence-corrected chi connectivity index (χ3v) is 6.03. The van der Waals surface area contributed by atoms with Gasteiger partial charge in [-0.2, -0.15) is 0 Å². The Hall–Kier alpha value is -1.87. The SMILES string of the molecule is O=S1(=O)C[C@@H](N(Cc2ccco2)C[C@H](O)COc2ccccc2)[C@@H](O)C1. The molecule has 142 valence electrons. The lowest BCUT2D eigenvalue weighted by molar-refractivity contribution is 0.0190. The molecule has 1 aromatic carbocycles. The number of nitrogens with zero attached hydrogens (tertiary/aromatic N) is 1. The number of para-hydroxylation sites is 1. The van der Waals surface area contributed by atoms with Gasteiger partial charge >= 0.3 is 0 Å². The summed E-state index contributed by atoms with van der Waals surface area (Å²) < 4.78 is 34.6. The second-order valence-corrected chi connectivity index (χ2v) is 8.65. The van der Waals surface area contributed by atoms with Crippen molar-refractivity contribution in [3.8, 4) is 5.75 Å². The van der Waals surface area contributed by atoms with Gasteiger partial charge in [0.05, 0.1) is 36.5 Å². The van der Waals surface area contributed by atoms with Crippen LogP contribution in [0.1, 0.15) is 5.76 Å². The van der Waals surface area contributed by atoms with Crippen molar-refractivity contribution in [3.63, 3.8) is 0 Å². The van der Waals surface area contributed by atoms with E-state index < -0.39 is 28.1 Å². The highest BCUT2D eigenvalue weighted by molar-refractivity contribution is 7.91. The second-order valence-electron chi connectivity index (χ2n) is 6.50. The third-order valence-electron chi connectivity index (χ3n) is 4.33. The fourth-order valence-electron chi connectivity index (χ4n) is 3.11. The zero-order valence-electron chi connectivity index (χ0n) is 14.3. The lowest BCUT2D eigenvalue weighted by Crippen LogP contribution is -2.47. The lowest BCUT2D eigenvalue weighted by Gasteiger charge is -2.31. The predicted molar refractivity (Wildman–Crippen MR) is 95.5 cm³/mol. The molecule has 3 rings (SSSR count). The molecule has 1 aromatic heterocycles. The molecule has 0 bridgehead atoms. The first kappa shape index (κ1) is 18.9. The van der Waals surface area contributed by atoms with Crippen LogP contribution in [0.2, 0.25) is 0 Å². The fraction of sp³-hybridized carbons (Fsp3) is 0.444. The van der Waals surface area contributed by atoms with Crippen LogP contribution in [-0.4, -0.2) is 66.4 Å². The van der Waals surface area contributed by atoms with Crippen LogP contribution >= 0.6 is 0 Å². The van der Waals surface area contributed by atoms with Crippen molar-refractivity contribution in [1.82, 2.24) is 4.90 Å². The van der Waals surface area contributed by atoms with Gasteiger partial charge < -0.3 is 19.4 Å². The highest BCUT2D eigenvalue weighted by atomic mass is 32.2. The molecule has 3 atom stereocenters. The van der Waals surface area contributed by atoms with E-state index in [4.69, 9.17) is 9.15 Å². The molecule has 0 spiro atoms. The van der Waals surface area contributed by atoms with Crippen LogP contribution in [0.5, 0.6) is 5.75 Å². The first-order chi connectivity index (χ1) is 12.4. The number of furan rings is 1. The summed E-state index contributed by atoms with van der Waals surface area (Å²) in [6, 6.07) is 12.1. The quantitative estimate of drug-likeness (QED) is 0.693. The standard InChI is InChI=1S/C18H23NO6S/c20-14(11-25-15-5-2-1-3-6-15)9-19(10-16-7-4-8-24-16)17-12-26(22,23)13-18(17)21/h1-8,14,17-18,20-21H,9-13H2/t14-,17+,18-/m0/s1. The van der Waals surface area contributed by atoms with Gasteiger partial charge in [0.1, 0.15) is 24.2 Å². The number of sulfone groups is 1. The van der Waals surface area contributed by atoms with Crippen LogP contribution in [0.3, 0.4) is 0 Å². The largest absolute Gasteiger partial charge is 0.491 e. The molecule has 2 heterocycles. The van der Waals surface area contributed by atoms with E-state index in [9.17, 15) is 18.6 Å². The Bertz CT molecular complexity index is 777. The van der Waals surface area contributed by atoms with E-state index in [1.54, 1.807) is 29.2 Å². The molecule has 2 N–H and O–H groups in total. The van der Waals surface area contributed by atoms with Crippen molar-refractivity contribution in [2.45, 2.75) is 24.8 Å². The number of benzene rings is 1. The Balaban J connectivity index is 1.65. The normalized spacial score (nSPS) is 23.2. The van der Waals surface area contributed by atoms with Crippen LogP contribution < -0.4 is 4.74 Å². The molecule has 1 fully saturated rings. The summed E-state index contributed by atoms with van der Waals surface area (Å²) in [7, 11) is -3.29. The van der Waals surface area contributed by atoms with E-state index in [0.29, 0.717) is 18.1 Å². The summed E-state index contributed by atoms with van der Waals surface area (Å²) in [4.78, 5) is 1.74. The van der Waals surface area contributed by atoms with Crippen molar-refractivity contribution in [2.75, 3.05) is 24.7 Å². The third kappa shape index (κ3) is 5.07. The number of hydrogen-bond acceptors (Lipinski definition) is 7. The molecule has 1 saturated heterocycles. The van der Waals surface area contributed by atoms with Gasteiger partial charge in [-0.1, -0.05) is 18.2 Å². The number of hydrogen-bond donors (Lipinski definition) is 2. The van der Waals surface area contributed by atoms with Crippen LogP contribution in [-0.2, 0) is 16.4 Å². The Kier molecular flexibility index (Phi) is 5.98. The molecule has 2 aromatic rings. The van der Waals surface area contributed by atoms with Crippen LogP contribution in [0, 0.1) is 0 Å². The van der Waals surface area contributed by atoms with E-state index in [1.165, 1.54) is 6.26 Å². The molecular formula is C18H23NO6S. The maximum absolute atomic E-state index is 11.9. The minimum atomic E-state index is -3.29. The van der Waals surface area contributed by atoms with Gasteiger partial charge in [-0.15, -0.1) is 0 Å². The molecular weight excluding hydrogens is 358 g/mol. The summed E-state index contributed by atoms with van der Waals surface area (Å²) in [5.74, 6) is 0.884. The molecule has 0 aliphatic carbocycles. The molecule has 0 radical (unpaired) electrons. The number of rotatable bonds is 8. The molecule has 0 unspecified atom stereocenters. The second kappa shape index (κ2) is 8.22. The minimum Gasteiger partial charge on any atom is -0.491 e. The van der Waals surface area contributed by atoms with Gasteiger partial charge in [-0.25, -0.2) is 8.42 Å². The van der Waals surface area contributed by atoms with Gasteiger partial charge in [0.25, 0.3) is 0 Å². The first-order valence-corrected chi connectivity index (χ1v) is 10.3. The van der Waals surface area contributed by atoms with E-state index in [0.717, 1.165) is 0 Å².